The number of thiophene rings is 1. The third kappa shape index (κ3) is 3.06. The van der Waals surface area contributed by atoms with Crippen LogP contribution in [0.1, 0.15) is 15.2 Å². The van der Waals surface area contributed by atoms with E-state index in [0.29, 0.717) is 10.4 Å². The van der Waals surface area contributed by atoms with Crippen molar-refractivity contribution in [2.24, 2.45) is 0 Å². The second kappa shape index (κ2) is 7.21. The molecule has 2 heterocycles. The Bertz CT molecular complexity index is 1370. The van der Waals surface area contributed by atoms with E-state index in [1.165, 1.54) is 11.3 Å². The molecule has 0 amide bonds. The Balaban J connectivity index is 1.68. The van der Waals surface area contributed by atoms with E-state index in [0.717, 1.165) is 32.3 Å². The van der Waals surface area contributed by atoms with E-state index in [9.17, 15) is 15.0 Å². The van der Waals surface area contributed by atoms with Crippen LogP contribution < -0.4 is 0 Å². The molecule has 5 heteroatoms. The number of hydrogen-bond donors (Lipinski definition) is 3. The van der Waals surface area contributed by atoms with Gasteiger partial charge in [-0.25, -0.2) is 0 Å². The van der Waals surface area contributed by atoms with E-state index in [1.54, 1.807) is 18.3 Å². The largest absolute Gasteiger partial charge is 0.508 e. The average Bonchev–Trinajstić information content (AvgIpc) is 3.37. The molecule has 0 aliphatic heterocycles. The standard InChI is InChI=1S/C25H17NO3S/c27-18-10-11-20-21(14-18)30-24(23(28)17-4-2-1-3-5-17)22(20)16-8-6-15(7-9-16)19-12-13-26-25(19)29/h1-14,26-27,29H. The minimum atomic E-state index is -0.0429. The van der Waals surface area contributed by atoms with Crippen molar-refractivity contribution >= 4 is 27.2 Å². The highest BCUT2D eigenvalue weighted by Gasteiger charge is 2.21. The molecule has 0 atom stereocenters. The summed E-state index contributed by atoms with van der Waals surface area (Å²) in [7, 11) is 0. The van der Waals surface area contributed by atoms with E-state index in [2.05, 4.69) is 4.98 Å². The fraction of sp³-hybridized carbons (Fsp3) is 0. The number of carbonyl (C=O) groups excluding carboxylic acids is 1. The van der Waals surface area contributed by atoms with Gasteiger partial charge in [-0.1, -0.05) is 54.6 Å². The molecule has 0 spiro atoms. The smallest absolute Gasteiger partial charge is 0.203 e. The molecule has 2 aromatic heterocycles. The van der Waals surface area contributed by atoms with Crippen LogP contribution in [-0.2, 0) is 0 Å². The fourth-order valence-electron chi connectivity index (χ4n) is 3.66. The number of aromatic nitrogens is 1. The van der Waals surface area contributed by atoms with Crippen LogP contribution in [0.5, 0.6) is 11.6 Å². The third-order valence-corrected chi connectivity index (χ3v) is 6.28. The quantitative estimate of drug-likeness (QED) is 0.308. The van der Waals surface area contributed by atoms with Gasteiger partial charge in [0.1, 0.15) is 5.75 Å². The number of phenols is 1. The van der Waals surface area contributed by atoms with Gasteiger partial charge in [-0.15, -0.1) is 11.3 Å². The van der Waals surface area contributed by atoms with E-state index < -0.39 is 0 Å². The predicted molar refractivity (Wildman–Crippen MR) is 120 cm³/mol. The molecule has 0 bridgehead atoms. The van der Waals surface area contributed by atoms with Gasteiger partial charge in [-0.3, -0.25) is 4.79 Å². The maximum Gasteiger partial charge on any atom is 0.203 e. The zero-order valence-corrected chi connectivity index (χ0v) is 16.6. The molecule has 146 valence electrons. The van der Waals surface area contributed by atoms with Crippen molar-refractivity contribution in [2.75, 3.05) is 0 Å². The van der Waals surface area contributed by atoms with Gasteiger partial charge in [-0.2, -0.15) is 0 Å². The molecule has 5 aromatic rings. The lowest BCUT2D eigenvalue weighted by Crippen LogP contribution is -2.00. The summed E-state index contributed by atoms with van der Waals surface area (Å²) in [6.07, 6.45) is 1.69. The lowest BCUT2D eigenvalue weighted by atomic mass is 9.96. The summed E-state index contributed by atoms with van der Waals surface area (Å²) in [5, 5.41) is 20.8. The Morgan fingerprint density at radius 2 is 1.57 bits per heavy atom. The van der Waals surface area contributed by atoms with Crippen LogP contribution in [0.15, 0.2) is 85.1 Å². The maximum absolute atomic E-state index is 13.3. The molecular formula is C25H17NO3S. The van der Waals surface area contributed by atoms with Crippen LogP contribution in [0.2, 0.25) is 0 Å². The van der Waals surface area contributed by atoms with Crippen molar-refractivity contribution < 1.29 is 15.0 Å². The van der Waals surface area contributed by atoms with Crippen molar-refractivity contribution in [1.29, 1.82) is 0 Å². The van der Waals surface area contributed by atoms with E-state index >= 15 is 0 Å². The van der Waals surface area contributed by atoms with Gasteiger partial charge in [0.25, 0.3) is 0 Å². The van der Waals surface area contributed by atoms with E-state index in [-0.39, 0.29) is 17.4 Å². The summed E-state index contributed by atoms with van der Waals surface area (Å²) in [5.74, 6) is 0.255. The van der Waals surface area contributed by atoms with Crippen LogP contribution in [0.25, 0.3) is 32.3 Å². The number of nitrogens with one attached hydrogen (secondary N) is 1. The molecule has 4 nitrogen and oxygen atoms in total. The maximum atomic E-state index is 13.3. The molecule has 0 saturated heterocycles. The van der Waals surface area contributed by atoms with Gasteiger partial charge in [0.15, 0.2) is 5.88 Å². The molecule has 0 unspecified atom stereocenters. The second-order valence-corrected chi connectivity index (χ2v) is 8.05. The summed E-state index contributed by atoms with van der Waals surface area (Å²) < 4.78 is 0.858. The third-order valence-electron chi connectivity index (χ3n) is 5.13. The second-order valence-electron chi connectivity index (χ2n) is 7.00. The number of fused-ring (bicyclic) bond motifs is 1. The van der Waals surface area contributed by atoms with Crippen LogP contribution in [0.4, 0.5) is 0 Å². The first-order valence-corrected chi connectivity index (χ1v) is 10.3. The molecule has 5 rings (SSSR count). The van der Waals surface area contributed by atoms with Gasteiger partial charge in [-0.05, 0) is 35.4 Å². The number of benzene rings is 3. The Morgan fingerprint density at radius 1 is 0.833 bits per heavy atom. The normalized spacial score (nSPS) is 11.1. The van der Waals surface area contributed by atoms with E-state index in [1.807, 2.05) is 66.7 Å². The van der Waals surface area contributed by atoms with Crippen molar-refractivity contribution in [3.8, 4) is 33.9 Å². The van der Waals surface area contributed by atoms with Crippen molar-refractivity contribution in [3.63, 3.8) is 0 Å². The topological polar surface area (TPSA) is 73.3 Å². The van der Waals surface area contributed by atoms with Gasteiger partial charge in [0.05, 0.1) is 4.88 Å². The number of H-pyrrole nitrogens is 1. The number of aromatic amines is 1. The molecule has 0 aliphatic rings. The zero-order valence-electron chi connectivity index (χ0n) is 15.8. The van der Waals surface area contributed by atoms with Crippen molar-refractivity contribution in [2.45, 2.75) is 0 Å². The average molecular weight is 411 g/mol. The minimum Gasteiger partial charge on any atom is -0.508 e. The minimum absolute atomic E-state index is 0.0429. The molecule has 0 fully saturated rings. The van der Waals surface area contributed by atoms with Gasteiger partial charge in [0.2, 0.25) is 5.78 Å². The summed E-state index contributed by atoms with van der Waals surface area (Å²) in [5.41, 5.74) is 4.00. The zero-order chi connectivity index (χ0) is 20.7. The summed E-state index contributed by atoms with van der Waals surface area (Å²) >= 11 is 1.39. The first kappa shape index (κ1) is 18.2. The lowest BCUT2D eigenvalue weighted by Gasteiger charge is -2.07. The first-order chi connectivity index (χ1) is 14.6. The Kier molecular flexibility index (Phi) is 4.38. The number of hydrogen-bond acceptors (Lipinski definition) is 4. The molecule has 30 heavy (non-hydrogen) atoms. The highest BCUT2D eigenvalue weighted by atomic mass is 32.1. The molecule has 3 N–H and O–H groups in total. The Labute approximate surface area is 176 Å². The van der Waals surface area contributed by atoms with Crippen LogP contribution in [0, 0.1) is 0 Å². The van der Waals surface area contributed by atoms with Crippen molar-refractivity contribution in [3.05, 3.63) is 95.5 Å². The molecular weight excluding hydrogens is 394 g/mol. The summed E-state index contributed by atoms with van der Waals surface area (Å²) in [4.78, 5) is 16.7. The van der Waals surface area contributed by atoms with Crippen LogP contribution >= 0.6 is 11.3 Å². The fourth-order valence-corrected chi connectivity index (χ4v) is 4.88. The van der Waals surface area contributed by atoms with Gasteiger partial charge < -0.3 is 15.2 Å². The molecule has 0 aliphatic carbocycles. The summed E-state index contributed by atoms with van der Waals surface area (Å²) in [6.45, 7) is 0. The van der Waals surface area contributed by atoms with Crippen LogP contribution in [0.3, 0.4) is 0 Å². The number of ketones is 1. The Hall–Kier alpha value is -3.83. The molecule has 0 saturated carbocycles. The predicted octanol–water partition coefficient (Wildman–Crippen LogP) is 6.21. The molecule has 3 aromatic carbocycles. The monoisotopic (exact) mass is 411 g/mol. The number of carbonyl (C=O) groups is 1. The van der Waals surface area contributed by atoms with Gasteiger partial charge in [0, 0.05) is 33.0 Å². The van der Waals surface area contributed by atoms with Crippen LogP contribution in [-0.4, -0.2) is 21.0 Å². The first-order valence-electron chi connectivity index (χ1n) is 9.44. The lowest BCUT2D eigenvalue weighted by molar-refractivity contribution is 0.104. The van der Waals surface area contributed by atoms with Gasteiger partial charge >= 0.3 is 0 Å². The Morgan fingerprint density at radius 3 is 2.27 bits per heavy atom. The van der Waals surface area contributed by atoms with E-state index in [4.69, 9.17) is 0 Å². The molecule has 0 radical (unpaired) electrons. The number of phenolic OH excluding ortho intramolecular Hbond substituents is 1. The van der Waals surface area contributed by atoms with Crippen molar-refractivity contribution in [1.82, 2.24) is 4.98 Å². The number of aromatic hydroxyl groups is 2. The summed E-state index contributed by atoms with van der Waals surface area (Å²) in [6, 6.07) is 24.0. The highest BCUT2D eigenvalue weighted by Crippen LogP contribution is 2.42. The number of rotatable bonds is 4. The SMILES string of the molecule is O=C(c1ccccc1)c1sc2cc(O)ccc2c1-c1ccc(-c2cc[nH]c2O)cc1. The highest BCUT2D eigenvalue weighted by molar-refractivity contribution is 7.21.